The van der Waals surface area contributed by atoms with Crippen LogP contribution in [-0.4, -0.2) is 38.1 Å². The number of aromatic nitrogens is 1. The van der Waals surface area contributed by atoms with Crippen molar-refractivity contribution < 1.29 is 17.7 Å². The Labute approximate surface area is 171 Å². The van der Waals surface area contributed by atoms with E-state index in [-0.39, 0.29) is 10.8 Å². The molecule has 2 aromatic carbocycles. The van der Waals surface area contributed by atoms with Crippen LogP contribution in [-0.2, 0) is 10.0 Å². The summed E-state index contributed by atoms with van der Waals surface area (Å²) in [7, 11) is -2.23. The van der Waals surface area contributed by atoms with E-state index in [9.17, 15) is 8.42 Å². The molecule has 0 aliphatic carbocycles. The lowest BCUT2D eigenvalue weighted by atomic mass is 9.99. The van der Waals surface area contributed by atoms with E-state index in [1.54, 1.807) is 22.5 Å². The molecule has 29 heavy (non-hydrogen) atoms. The Kier molecular flexibility index (Phi) is 5.19. The predicted molar refractivity (Wildman–Crippen MR) is 111 cm³/mol. The topological polar surface area (TPSA) is 72.6 Å². The van der Waals surface area contributed by atoms with Crippen molar-refractivity contribution in [2.45, 2.75) is 31.1 Å². The molecule has 0 unspecified atom stereocenters. The van der Waals surface area contributed by atoms with Crippen LogP contribution in [0, 0.1) is 13.8 Å². The molecule has 0 N–H and O–H groups in total. The lowest BCUT2D eigenvalue weighted by Crippen LogP contribution is -2.29. The summed E-state index contributed by atoms with van der Waals surface area (Å²) in [5, 5.41) is 3.98. The number of aryl methyl sites for hydroxylation is 1. The zero-order valence-corrected chi connectivity index (χ0v) is 17.6. The molecule has 0 bridgehead atoms. The molecule has 1 aromatic heterocycles. The SMILES string of the molecule is COc1ccc(-c2onc(C)c2C)cc1S(=O)(=O)N1CC[C@H](c2ccccc2)C1. The van der Waals surface area contributed by atoms with Crippen LogP contribution in [0.1, 0.15) is 29.2 Å². The smallest absolute Gasteiger partial charge is 0.246 e. The van der Waals surface area contributed by atoms with E-state index in [0.29, 0.717) is 30.2 Å². The number of sulfonamides is 1. The molecule has 0 spiro atoms. The van der Waals surface area contributed by atoms with E-state index in [0.717, 1.165) is 17.7 Å². The van der Waals surface area contributed by atoms with Crippen LogP contribution in [0.3, 0.4) is 0 Å². The zero-order chi connectivity index (χ0) is 20.6. The number of hydrogen-bond donors (Lipinski definition) is 0. The summed E-state index contributed by atoms with van der Waals surface area (Å²) < 4.78 is 39.3. The van der Waals surface area contributed by atoms with Crippen molar-refractivity contribution in [3.8, 4) is 17.1 Å². The van der Waals surface area contributed by atoms with Gasteiger partial charge in [0.25, 0.3) is 0 Å². The van der Waals surface area contributed by atoms with Gasteiger partial charge < -0.3 is 9.26 Å². The fourth-order valence-corrected chi connectivity index (χ4v) is 5.47. The lowest BCUT2D eigenvalue weighted by Gasteiger charge is -2.19. The van der Waals surface area contributed by atoms with E-state index in [2.05, 4.69) is 17.3 Å². The molecule has 3 aromatic rings. The van der Waals surface area contributed by atoms with Gasteiger partial charge in [-0.2, -0.15) is 4.31 Å². The van der Waals surface area contributed by atoms with Gasteiger partial charge in [-0.3, -0.25) is 0 Å². The molecule has 0 amide bonds. The first kappa shape index (κ1) is 19.7. The van der Waals surface area contributed by atoms with Crippen LogP contribution in [0.5, 0.6) is 5.75 Å². The Hall–Kier alpha value is -2.64. The minimum absolute atomic E-state index is 0.152. The molecular formula is C22H24N2O4S. The van der Waals surface area contributed by atoms with Gasteiger partial charge in [-0.1, -0.05) is 35.5 Å². The van der Waals surface area contributed by atoms with Gasteiger partial charge in [-0.15, -0.1) is 0 Å². The van der Waals surface area contributed by atoms with Crippen molar-refractivity contribution in [3.63, 3.8) is 0 Å². The molecular weight excluding hydrogens is 388 g/mol. The van der Waals surface area contributed by atoms with Crippen LogP contribution < -0.4 is 4.74 Å². The Balaban J connectivity index is 1.69. The monoisotopic (exact) mass is 412 g/mol. The number of rotatable bonds is 5. The molecule has 1 aliphatic heterocycles. The molecule has 1 fully saturated rings. The summed E-state index contributed by atoms with van der Waals surface area (Å²) in [6, 6.07) is 15.1. The number of benzene rings is 2. The highest BCUT2D eigenvalue weighted by molar-refractivity contribution is 7.89. The Bertz CT molecular complexity index is 1120. The second-order valence-corrected chi connectivity index (χ2v) is 9.25. The first-order valence-electron chi connectivity index (χ1n) is 9.58. The highest BCUT2D eigenvalue weighted by Crippen LogP contribution is 2.37. The summed E-state index contributed by atoms with van der Waals surface area (Å²) in [6.07, 6.45) is 0.797. The Morgan fingerprint density at radius 3 is 2.55 bits per heavy atom. The third-order valence-electron chi connectivity index (χ3n) is 5.62. The average Bonchev–Trinajstić information content (AvgIpc) is 3.36. The fraction of sp³-hybridized carbons (Fsp3) is 0.318. The van der Waals surface area contributed by atoms with E-state index in [1.807, 2.05) is 32.0 Å². The van der Waals surface area contributed by atoms with E-state index in [4.69, 9.17) is 9.26 Å². The van der Waals surface area contributed by atoms with E-state index >= 15 is 0 Å². The van der Waals surface area contributed by atoms with Gasteiger partial charge in [-0.25, -0.2) is 8.42 Å². The van der Waals surface area contributed by atoms with Gasteiger partial charge in [0.15, 0.2) is 5.76 Å². The average molecular weight is 413 g/mol. The summed E-state index contributed by atoms with van der Waals surface area (Å²) in [6.45, 7) is 4.71. The van der Waals surface area contributed by atoms with Gasteiger partial charge in [0, 0.05) is 24.2 Å². The highest BCUT2D eigenvalue weighted by Gasteiger charge is 2.35. The minimum Gasteiger partial charge on any atom is -0.495 e. The molecule has 7 heteroatoms. The summed E-state index contributed by atoms with van der Waals surface area (Å²) in [5.41, 5.74) is 3.51. The van der Waals surface area contributed by atoms with Crippen LogP contribution in [0.25, 0.3) is 11.3 Å². The standard InChI is InChI=1S/C22H24N2O4S/c1-15-16(2)23-28-22(15)18-9-10-20(27-3)21(13-18)29(25,26)24-12-11-19(14-24)17-7-5-4-6-8-17/h4-10,13,19H,11-12,14H2,1-3H3/t19-/m0/s1. The molecule has 1 saturated heterocycles. The van der Waals surface area contributed by atoms with Crippen molar-refractivity contribution in [1.82, 2.24) is 9.46 Å². The van der Waals surface area contributed by atoms with E-state index < -0.39 is 10.0 Å². The van der Waals surface area contributed by atoms with Crippen LogP contribution in [0.2, 0.25) is 0 Å². The van der Waals surface area contributed by atoms with Crippen LogP contribution in [0.4, 0.5) is 0 Å². The van der Waals surface area contributed by atoms with Crippen molar-refractivity contribution in [1.29, 1.82) is 0 Å². The van der Waals surface area contributed by atoms with Gasteiger partial charge >= 0.3 is 0 Å². The fourth-order valence-electron chi connectivity index (χ4n) is 3.79. The maximum absolute atomic E-state index is 13.5. The first-order chi connectivity index (χ1) is 13.9. The summed E-state index contributed by atoms with van der Waals surface area (Å²) in [5.74, 6) is 1.09. The molecule has 1 atom stereocenters. The van der Waals surface area contributed by atoms with Crippen molar-refractivity contribution in [2.75, 3.05) is 20.2 Å². The lowest BCUT2D eigenvalue weighted by molar-refractivity contribution is 0.397. The molecule has 6 nitrogen and oxygen atoms in total. The van der Waals surface area contributed by atoms with Crippen LogP contribution in [0.15, 0.2) is 57.9 Å². The molecule has 4 rings (SSSR count). The molecule has 152 valence electrons. The van der Waals surface area contributed by atoms with Crippen LogP contribution >= 0.6 is 0 Å². The highest BCUT2D eigenvalue weighted by atomic mass is 32.2. The third-order valence-corrected chi connectivity index (χ3v) is 7.51. The number of methoxy groups -OCH3 is 1. The molecule has 2 heterocycles. The van der Waals surface area contributed by atoms with Gasteiger partial charge in [0.1, 0.15) is 10.6 Å². The third kappa shape index (κ3) is 3.56. The quantitative estimate of drug-likeness (QED) is 0.630. The number of hydrogen-bond acceptors (Lipinski definition) is 5. The zero-order valence-electron chi connectivity index (χ0n) is 16.8. The van der Waals surface area contributed by atoms with Crippen molar-refractivity contribution >= 4 is 10.0 Å². The Morgan fingerprint density at radius 1 is 1.14 bits per heavy atom. The summed E-state index contributed by atoms with van der Waals surface area (Å²) >= 11 is 0. The van der Waals surface area contributed by atoms with Crippen molar-refractivity contribution in [2.24, 2.45) is 0 Å². The molecule has 0 saturated carbocycles. The summed E-state index contributed by atoms with van der Waals surface area (Å²) in [4.78, 5) is 0.152. The largest absolute Gasteiger partial charge is 0.495 e. The van der Waals surface area contributed by atoms with Gasteiger partial charge in [-0.05, 0) is 49.9 Å². The number of ether oxygens (including phenoxy) is 1. The minimum atomic E-state index is -3.71. The normalized spacial score (nSPS) is 17.6. The Morgan fingerprint density at radius 2 is 1.90 bits per heavy atom. The maximum atomic E-state index is 13.5. The first-order valence-corrected chi connectivity index (χ1v) is 11.0. The van der Waals surface area contributed by atoms with Crippen molar-refractivity contribution in [3.05, 3.63) is 65.4 Å². The second kappa shape index (κ2) is 7.65. The van der Waals surface area contributed by atoms with Gasteiger partial charge in [0.05, 0.1) is 12.8 Å². The van der Waals surface area contributed by atoms with E-state index in [1.165, 1.54) is 12.7 Å². The predicted octanol–water partition coefficient (Wildman–Crippen LogP) is 4.15. The molecule has 0 radical (unpaired) electrons. The number of nitrogens with zero attached hydrogens (tertiary/aromatic N) is 2. The molecule has 1 aliphatic rings. The maximum Gasteiger partial charge on any atom is 0.246 e. The second-order valence-electron chi connectivity index (χ2n) is 7.35. The van der Waals surface area contributed by atoms with Gasteiger partial charge in [0.2, 0.25) is 10.0 Å².